The third-order valence-corrected chi connectivity index (χ3v) is 7.21. The molecule has 0 saturated heterocycles. The number of carbonyl (C=O) groups excluding carboxylic acids is 2. The summed E-state index contributed by atoms with van der Waals surface area (Å²) in [5.41, 5.74) is 4.46. The summed E-state index contributed by atoms with van der Waals surface area (Å²) in [5, 5.41) is 3.90. The second-order valence-electron chi connectivity index (χ2n) is 10.0. The van der Waals surface area contributed by atoms with Gasteiger partial charge in [0, 0.05) is 29.2 Å². The number of nitrogens with zero attached hydrogens (tertiary/aromatic N) is 1. The zero-order valence-corrected chi connectivity index (χ0v) is 23.6. The van der Waals surface area contributed by atoms with Crippen molar-refractivity contribution in [3.63, 3.8) is 0 Å². The molecule has 0 spiro atoms. The number of hydrogen-bond donors (Lipinski definition) is 1. The lowest BCUT2D eigenvalue weighted by Crippen LogP contribution is -2.26. The van der Waals surface area contributed by atoms with Crippen LogP contribution in [0.2, 0.25) is 0 Å². The van der Waals surface area contributed by atoms with Crippen molar-refractivity contribution in [3.05, 3.63) is 100 Å². The molecule has 4 aromatic rings. The largest absolute Gasteiger partial charge is 0.479 e. The Bertz CT molecular complexity index is 1540. The molecule has 0 bridgehead atoms. The summed E-state index contributed by atoms with van der Waals surface area (Å²) in [4.78, 5) is 24.9. The number of carbonyl (C=O) groups is 2. The molecule has 0 radical (unpaired) electrons. The van der Waals surface area contributed by atoms with Crippen LogP contribution in [-0.4, -0.2) is 29.2 Å². The fourth-order valence-corrected chi connectivity index (χ4v) is 4.73. The zero-order chi connectivity index (χ0) is 29.9. The van der Waals surface area contributed by atoms with E-state index >= 15 is 0 Å². The number of fused-ring (bicyclic) bond motifs is 1. The van der Waals surface area contributed by atoms with Gasteiger partial charge in [0.1, 0.15) is 5.75 Å². The van der Waals surface area contributed by atoms with Crippen molar-refractivity contribution in [2.75, 3.05) is 6.61 Å². The number of aromatic nitrogens is 1. The molecule has 1 N–H and O–H groups in total. The third kappa shape index (κ3) is 6.73. The first-order chi connectivity index (χ1) is 19.4. The first-order valence-corrected chi connectivity index (χ1v) is 13.4. The topological polar surface area (TPSA) is 69.6 Å². The Morgan fingerprint density at radius 3 is 2.24 bits per heavy atom. The molecule has 1 amide bonds. The summed E-state index contributed by atoms with van der Waals surface area (Å²) < 4.78 is 51.3. The molecule has 6 nitrogen and oxygen atoms in total. The van der Waals surface area contributed by atoms with Crippen LogP contribution in [0.3, 0.4) is 0 Å². The van der Waals surface area contributed by atoms with Gasteiger partial charge in [-0.05, 0) is 87.2 Å². The lowest BCUT2D eigenvalue weighted by atomic mass is 10.0. The fourth-order valence-electron chi connectivity index (χ4n) is 4.73. The Kier molecular flexibility index (Phi) is 8.75. The van der Waals surface area contributed by atoms with Gasteiger partial charge in [-0.1, -0.05) is 30.3 Å². The van der Waals surface area contributed by atoms with Gasteiger partial charge in [0.2, 0.25) is 0 Å². The number of benzene rings is 3. The highest BCUT2D eigenvalue weighted by Crippen LogP contribution is 2.31. The molecule has 1 heterocycles. The minimum atomic E-state index is -4.41. The molecule has 41 heavy (non-hydrogen) atoms. The number of esters is 1. The minimum absolute atomic E-state index is 0.296. The number of rotatable bonds is 9. The first-order valence-electron chi connectivity index (χ1n) is 13.4. The number of ether oxygens (including phenoxy) is 2. The Morgan fingerprint density at radius 1 is 0.976 bits per heavy atom. The van der Waals surface area contributed by atoms with Crippen molar-refractivity contribution in [1.29, 1.82) is 0 Å². The Labute approximate surface area is 237 Å². The highest BCUT2D eigenvalue weighted by Gasteiger charge is 2.30. The van der Waals surface area contributed by atoms with Crippen LogP contribution < -0.4 is 10.1 Å². The lowest BCUT2D eigenvalue weighted by Gasteiger charge is -2.16. The van der Waals surface area contributed by atoms with Crippen LogP contribution in [0, 0.1) is 6.92 Å². The van der Waals surface area contributed by atoms with Gasteiger partial charge in [-0.2, -0.15) is 13.2 Å². The second kappa shape index (κ2) is 12.1. The van der Waals surface area contributed by atoms with Crippen LogP contribution >= 0.6 is 0 Å². The quantitative estimate of drug-likeness (QED) is 0.223. The number of nitrogens with one attached hydrogen (secondary N) is 1. The minimum Gasteiger partial charge on any atom is -0.479 e. The molecule has 0 saturated carbocycles. The summed E-state index contributed by atoms with van der Waals surface area (Å²) >= 11 is 0. The maximum Gasteiger partial charge on any atom is 0.416 e. The predicted octanol–water partition coefficient (Wildman–Crippen LogP) is 6.92. The maximum atomic E-state index is 13.0. The SMILES string of the molecule is CCOC(=O)C(C)Oc1ccc(Cc2c(C)n(C)c3cc(C(=O)N[C@@H](C)c4ccc(C(F)(F)F)cc4)ccc23)cc1. The third-order valence-electron chi connectivity index (χ3n) is 7.21. The van der Waals surface area contributed by atoms with Gasteiger partial charge in [-0.15, -0.1) is 0 Å². The van der Waals surface area contributed by atoms with Crippen molar-refractivity contribution in [1.82, 2.24) is 9.88 Å². The standard InChI is InChI=1S/C32H33F3N2O4/c1-6-40-31(39)21(4)41-26-14-7-22(8-15-26)17-28-20(3)37(5)29-18-24(11-16-27(28)29)30(38)36-19(2)23-9-12-25(13-10-23)32(33,34)35/h7-16,18-19,21H,6,17H2,1-5H3,(H,36,38)/t19-,21?/m0/s1. The van der Waals surface area contributed by atoms with Gasteiger partial charge in [0.15, 0.2) is 6.10 Å². The van der Waals surface area contributed by atoms with Gasteiger partial charge in [0.05, 0.1) is 18.2 Å². The number of hydrogen-bond acceptors (Lipinski definition) is 4. The molecule has 2 atom stereocenters. The normalized spacial score (nSPS) is 13.1. The summed E-state index contributed by atoms with van der Waals surface area (Å²) in [6.45, 7) is 7.45. The summed E-state index contributed by atoms with van der Waals surface area (Å²) in [7, 11) is 1.95. The van der Waals surface area contributed by atoms with E-state index in [1.807, 2.05) is 54.9 Å². The Hall–Kier alpha value is -4.27. The number of aryl methyl sites for hydroxylation is 1. The van der Waals surface area contributed by atoms with Gasteiger partial charge in [-0.3, -0.25) is 4.79 Å². The highest BCUT2D eigenvalue weighted by molar-refractivity contribution is 5.99. The molecule has 216 valence electrons. The molecule has 0 aliphatic carbocycles. The average molecular weight is 567 g/mol. The second-order valence-corrected chi connectivity index (χ2v) is 10.0. The van der Waals surface area contributed by atoms with E-state index < -0.39 is 29.9 Å². The Balaban J connectivity index is 1.48. The molecule has 4 rings (SSSR count). The van der Waals surface area contributed by atoms with Crippen molar-refractivity contribution >= 4 is 22.8 Å². The Morgan fingerprint density at radius 2 is 1.63 bits per heavy atom. The highest BCUT2D eigenvalue weighted by atomic mass is 19.4. The number of amides is 1. The van der Waals surface area contributed by atoms with Gasteiger partial charge < -0.3 is 19.4 Å². The van der Waals surface area contributed by atoms with E-state index in [9.17, 15) is 22.8 Å². The average Bonchev–Trinajstić information content (AvgIpc) is 3.17. The van der Waals surface area contributed by atoms with Crippen LogP contribution in [0.25, 0.3) is 10.9 Å². The first kappa shape index (κ1) is 29.7. The molecule has 0 aliphatic heterocycles. The van der Waals surface area contributed by atoms with Crippen LogP contribution in [0.5, 0.6) is 5.75 Å². The van der Waals surface area contributed by atoms with Gasteiger partial charge >= 0.3 is 12.1 Å². The summed E-state index contributed by atoms with van der Waals surface area (Å²) in [6, 6.07) is 17.4. The lowest BCUT2D eigenvalue weighted by molar-refractivity contribution is -0.150. The van der Waals surface area contributed by atoms with Crippen LogP contribution in [0.4, 0.5) is 13.2 Å². The number of alkyl halides is 3. The van der Waals surface area contributed by atoms with Crippen LogP contribution in [-0.2, 0) is 29.2 Å². The van der Waals surface area contributed by atoms with E-state index in [2.05, 4.69) is 5.32 Å². The molecular weight excluding hydrogens is 533 g/mol. The van der Waals surface area contributed by atoms with Crippen molar-refractivity contribution in [3.8, 4) is 5.75 Å². The monoisotopic (exact) mass is 566 g/mol. The molecule has 1 unspecified atom stereocenters. The fraction of sp³-hybridized carbons (Fsp3) is 0.312. The van der Waals surface area contributed by atoms with Gasteiger partial charge in [-0.25, -0.2) is 4.79 Å². The molecule has 9 heteroatoms. The summed E-state index contributed by atoms with van der Waals surface area (Å²) in [5.74, 6) is -0.150. The van der Waals surface area contributed by atoms with E-state index in [-0.39, 0.29) is 5.91 Å². The zero-order valence-electron chi connectivity index (χ0n) is 23.6. The smallest absolute Gasteiger partial charge is 0.416 e. The molecule has 0 aliphatic rings. The predicted molar refractivity (Wildman–Crippen MR) is 151 cm³/mol. The van der Waals surface area contributed by atoms with Crippen molar-refractivity contribution in [2.24, 2.45) is 7.05 Å². The van der Waals surface area contributed by atoms with E-state index in [1.165, 1.54) is 12.1 Å². The maximum absolute atomic E-state index is 13.0. The molecule has 1 aromatic heterocycles. The van der Waals surface area contributed by atoms with E-state index in [0.29, 0.717) is 29.9 Å². The molecule has 3 aromatic carbocycles. The van der Waals surface area contributed by atoms with Crippen LogP contribution in [0.1, 0.15) is 65.1 Å². The number of halogens is 3. The van der Waals surface area contributed by atoms with Crippen LogP contribution in [0.15, 0.2) is 66.7 Å². The van der Waals surface area contributed by atoms with E-state index in [4.69, 9.17) is 9.47 Å². The summed E-state index contributed by atoms with van der Waals surface area (Å²) in [6.07, 6.45) is -4.45. The van der Waals surface area contributed by atoms with E-state index in [1.54, 1.807) is 26.8 Å². The molecular formula is C32H33F3N2O4. The molecule has 0 fully saturated rings. The van der Waals surface area contributed by atoms with E-state index in [0.717, 1.165) is 39.9 Å². The van der Waals surface area contributed by atoms with Crippen molar-refractivity contribution in [2.45, 2.75) is 52.4 Å². The van der Waals surface area contributed by atoms with Gasteiger partial charge in [0.25, 0.3) is 5.91 Å². The van der Waals surface area contributed by atoms with Crippen molar-refractivity contribution < 1.29 is 32.2 Å².